The molecule has 0 spiro atoms. The number of nitrogens with zero attached hydrogens (tertiary/aromatic N) is 2. The largest absolute Gasteiger partial charge is 0.420 e. The van der Waals surface area contributed by atoms with Gasteiger partial charge in [-0.25, -0.2) is 0 Å². The molecule has 5 atom stereocenters. The standard InChI is InChI=1S/C29H33Cl2N3O2/c1-6-29-14-13-21(23(17-7-10-19(30)11-8-17)24(29)16(2)32-26(29)35)20-12-9-18(15-22(20)31)25-33-34-27(36-25)28(3,4)5/h7-12,15-16,21,23-24H,6,13-14H2,1-5H3,(H,32,35)/t16-,21+,23+,24+,29-/m1/s1. The second-order valence-corrected chi connectivity index (χ2v) is 12.3. The number of aromatic nitrogens is 2. The molecule has 2 aliphatic rings. The summed E-state index contributed by atoms with van der Waals surface area (Å²) in [6.07, 6.45) is 2.55. The van der Waals surface area contributed by atoms with Crippen LogP contribution in [0.5, 0.6) is 0 Å². The van der Waals surface area contributed by atoms with Gasteiger partial charge < -0.3 is 9.73 Å². The highest BCUT2D eigenvalue weighted by atomic mass is 35.5. The molecule has 1 N–H and O–H groups in total. The molecule has 1 amide bonds. The average molecular weight is 527 g/mol. The summed E-state index contributed by atoms with van der Waals surface area (Å²) in [6.45, 7) is 10.4. The monoisotopic (exact) mass is 525 g/mol. The van der Waals surface area contributed by atoms with Crippen LogP contribution in [0.2, 0.25) is 10.0 Å². The predicted molar refractivity (Wildman–Crippen MR) is 143 cm³/mol. The van der Waals surface area contributed by atoms with E-state index in [9.17, 15) is 4.79 Å². The number of benzene rings is 2. The van der Waals surface area contributed by atoms with Crippen LogP contribution in [0.4, 0.5) is 0 Å². The molecule has 2 fully saturated rings. The molecule has 5 rings (SSSR count). The molecule has 1 saturated heterocycles. The van der Waals surface area contributed by atoms with Gasteiger partial charge >= 0.3 is 0 Å². The second-order valence-electron chi connectivity index (χ2n) is 11.4. The summed E-state index contributed by atoms with van der Waals surface area (Å²) in [4.78, 5) is 13.2. The molecule has 7 heteroatoms. The van der Waals surface area contributed by atoms with Crippen LogP contribution < -0.4 is 5.32 Å². The molecule has 1 aromatic heterocycles. The second kappa shape index (κ2) is 9.18. The summed E-state index contributed by atoms with van der Waals surface area (Å²) < 4.78 is 5.95. The van der Waals surface area contributed by atoms with Gasteiger partial charge in [-0.15, -0.1) is 10.2 Å². The maximum Gasteiger partial charge on any atom is 0.247 e. The topological polar surface area (TPSA) is 68.0 Å². The Morgan fingerprint density at radius 3 is 2.44 bits per heavy atom. The molecule has 5 nitrogen and oxygen atoms in total. The van der Waals surface area contributed by atoms with Crippen molar-refractivity contribution in [3.63, 3.8) is 0 Å². The molecule has 1 saturated carbocycles. The normalized spacial score (nSPS) is 28.1. The van der Waals surface area contributed by atoms with Crippen molar-refractivity contribution in [3.8, 4) is 11.5 Å². The van der Waals surface area contributed by atoms with Gasteiger partial charge in [0.2, 0.25) is 17.7 Å². The highest BCUT2D eigenvalue weighted by Crippen LogP contribution is 2.60. The zero-order valence-corrected chi connectivity index (χ0v) is 23.0. The molecule has 0 bridgehead atoms. The summed E-state index contributed by atoms with van der Waals surface area (Å²) in [5.74, 6) is 1.71. The van der Waals surface area contributed by atoms with Crippen molar-refractivity contribution in [2.75, 3.05) is 0 Å². The van der Waals surface area contributed by atoms with E-state index in [0.29, 0.717) is 21.8 Å². The van der Waals surface area contributed by atoms with Gasteiger partial charge in [-0.3, -0.25) is 4.79 Å². The zero-order chi connectivity index (χ0) is 25.8. The highest BCUT2D eigenvalue weighted by Gasteiger charge is 2.59. The smallest absolute Gasteiger partial charge is 0.247 e. The van der Waals surface area contributed by atoms with Crippen LogP contribution in [0.3, 0.4) is 0 Å². The van der Waals surface area contributed by atoms with E-state index in [4.69, 9.17) is 27.6 Å². The maximum atomic E-state index is 13.2. The lowest BCUT2D eigenvalue weighted by Gasteiger charge is -2.47. The minimum absolute atomic E-state index is 0.0770. The summed E-state index contributed by atoms with van der Waals surface area (Å²) in [5, 5.41) is 13.1. The molecule has 36 heavy (non-hydrogen) atoms. The van der Waals surface area contributed by atoms with E-state index in [1.807, 2.05) is 45.0 Å². The van der Waals surface area contributed by atoms with E-state index >= 15 is 0 Å². The first-order valence-electron chi connectivity index (χ1n) is 12.8. The molecular formula is C29H33Cl2N3O2. The van der Waals surface area contributed by atoms with Crippen molar-refractivity contribution in [2.24, 2.45) is 11.3 Å². The van der Waals surface area contributed by atoms with Crippen LogP contribution in [0.1, 0.15) is 82.7 Å². The van der Waals surface area contributed by atoms with Gasteiger partial charge in [0.15, 0.2) is 0 Å². The first kappa shape index (κ1) is 25.3. The van der Waals surface area contributed by atoms with E-state index in [2.05, 4.69) is 47.6 Å². The van der Waals surface area contributed by atoms with Crippen molar-refractivity contribution in [3.05, 3.63) is 69.5 Å². The quantitative estimate of drug-likeness (QED) is 0.382. The highest BCUT2D eigenvalue weighted by molar-refractivity contribution is 6.31. The Balaban J connectivity index is 1.56. The van der Waals surface area contributed by atoms with Crippen molar-refractivity contribution in [2.45, 2.75) is 77.2 Å². The summed E-state index contributed by atoms with van der Waals surface area (Å²) in [6, 6.07) is 14.2. The van der Waals surface area contributed by atoms with Crippen LogP contribution in [-0.2, 0) is 10.2 Å². The SMILES string of the molecule is CC[C@@]12CC[C@@H](c3ccc(-c4nnc(C(C)(C)C)o4)cc3Cl)[C@H](c3ccc(Cl)cc3)[C@@H]1[C@@H](C)NC2=O. The Hall–Kier alpha value is -2.37. The number of fused-ring (bicyclic) bond motifs is 1. The van der Waals surface area contributed by atoms with Gasteiger partial charge in [0.25, 0.3) is 0 Å². The van der Waals surface area contributed by atoms with Gasteiger partial charge in [-0.1, -0.05) is 69.1 Å². The van der Waals surface area contributed by atoms with Crippen molar-refractivity contribution >= 4 is 29.1 Å². The van der Waals surface area contributed by atoms with Crippen molar-refractivity contribution in [1.29, 1.82) is 0 Å². The minimum atomic E-state index is -0.361. The molecule has 2 heterocycles. The molecule has 0 unspecified atom stereocenters. The minimum Gasteiger partial charge on any atom is -0.420 e. The number of carbonyl (C=O) groups excluding carboxylic acids is 1. The number of hydrogen-bond acceptors (Lipinski definition) is 4. The molecule has 1 aliphatic heterocycles. The Morgan fingerprint density at radius 2 is 1.83 bits per heavy atom. The fourth-order valence-electron chi connectivity index (χ4n) is 6.50. The van der Waals surface area contributed by atoms with Gasteiger partial charge in [0, 0.05) is 33.0 Å². The number of rotatable bonds is 4. The van der Waals surface area contributed by atoms with Crippen LogP contribution >= 0.6 is 23.2 Å². The lowest BCUT2D eigenvalue weighted by Crippen LogP contribution is -2.43. The third kappa shape index (κ3) is 4.14. The maximum absolute atomic E-state index is 13.2. The van der Waals surface area contributed by atoms with Crippen LogP contribution in [0.25, 0.3) is 11.5 Å². The van der Waals surface area contributed by atoms with Gasteiger partial charge in [0.1, 0.15) is 0 Å². The predicted octanol–water partition coefficient (Wildman–Crippen LogP) is 7.53. The molecule has 2 aromatic carbocycles. The van der Waals surface area contributed by atoms with Crippen molar-refractivity contribution < 1.29 is 9.21 Å². The first-order chi connectivity index (χ1) is 17.0. The lowest BCUT2D eigenvalue weighted by molar-refractivity contribution is -0.131. The van der Waals surface area contributed by atoms with E-state index in [1.54, 1.807) is 0 Å². The number of hydrogen-bond donors (Lipinski definition) is 1. The van der Waals surface area contributed by atoms with Crippen LogP contribution in [0.15, 0.2) is 46.9 Å². The van der Waals surface area contributed by atoms with Gasteiger partial charge in [0.05, 0.1) is 5.41 Å². The number of nitrogens with one attached hydrogen (secondary N) is 1. The molecular weight excluding hydrogens is 493 g/mol. The summed E-state index contributed by atoms with van der Waals surface area (Å²) in [5.41, 5.74) is 2.51. The molecule has 0 radical (unpaired) electrons. The third-order valence-electron chi connectivity index (χ3n) is 8.31. The Kier molecular flexibility index (Phi) is 6.45. The molecule has 3 aromatic rings. The fraction of sp³-hybridized carbons (Fsp3) is 0.483. The van der Waals surface area contributed by atoms with Crippen LogP contribution in [-0.4, -0.2) is 22.1 Å². The molecule has 1 aliphatic carbocycles. The van der Waals surface area contributed by atoms with E-state index in [-0.39, 0.29) is 40.5 Å². The van der Waals surface area contributed by atoms with Gasteiger partial charge in [-0.2, -0.15) is 0 Å². The van der Waals surface area contributed by atoms with E-state index in [0.717, 1.165) is 30.4 Å². The van der Waals surface area contributed by atoms with E-state index < -0.39 is 0 Å². The number of halogens is 2. The van der Waals surface area contributed by atoms with Crippen molar-refractivity contribution in [1.82, 2.24) is 15.5 Å². The zero-order valence-electron chi connectivity index (χ0n) is 21.4. The lowest BCUT2D eigenvalue weighted by atomic mass is 9.54. The summed E-state index contributed by atoms with van der Waals surface area (Å²) in [7, 11) is 0. The van der Waals surface area contributed by atoms with E-state index in [1.165, 1.54) is 5.56 Å². The number of carbonyl (C=O) groups is 1. The van der Waals surface area contributed by atoms with Crippen LogP contribution in [0, 0.1) is 11.3 Å². The third-order valence-corrected chi connectivity index (χ3v) is 8.89. The molecule has 190 valence electrons. The first-order valence-corrected chi connectivity index (χ1v) is 13.5. The Labute approximate surface area is 223 Å². The Morgan fingerprint density at radius 1 is 1.11 bits per heavy atom. The number of amides is 1. The Bertz CT molecular complexity index is 1280. The average Bonchev–Trinajstić information content (AvgIpc) is 3.43. The summed E-state index contributed by atoms with van der Waals surface area (Å²) >= 11 is 13.2. The fourth-order valence-corrected chi connectivity index (χ4v) is 6.95. The van der Waals surface area contributed by atoms with Gasteiger partial charge in [-0.05, 0) is 73.4 Å².